The molecule has 4 rings (SSSR count). The summed E-state index contributed by atoms with van der Waals surface area (Å²) in [6, 6.07) is 9.81. The van der Waals surface area contributed by atoms with Crippen LogP contribution in [0, 0.1) is 0 Å². The molecule has 1 aliphatic rings. The van der Waals surface area contributed by atoms with E-state index in [0.29, 0.717) is 22.8 Å². The molecule has 2 aromatic heterocycles. The monoisotopic (exact) mass is 382 g/mol. The molecule has 1 saturated carbocycles. The van der Waals surface area contributed by atoms with E-state index in [1.54, 1.807) is 41.0 Å². The second kappa shape index (κ2) is 7.18. The van der Waals surface area contributed by atoms with Gasteiger partial charge in [0, 0.05) is 11.7 Å². The van der Waals surface area contributed by atoms with Crippen molar-refractivity contribution in [3.05, 3.63) is 58.7 Å². The Morgan fingerprint density at radius 2 is 2.00 bits per heavy atom. The second-order valence-electron chi connectivity index (χ2n) is 6.46. The molecule has 0 radical (unpaired) electrons. The lowest BCUT2D eigenvalue weighted by Gasteiger charge is -2.05. The minimum absolute atomic E-state index is 0.0928. The summed E-state index contributed by atoms with van der Waals surface area (Å²) in [5, 5.41) is 6.98. The zero-order chi connectivity index (χ0) is 19.7. The van der Waals surface area contributed by atoms with Crippen molar-refractivity contribution >= 4 is 17.6 Å². The molecule has 2 heterocycles. The SMILES string of the molecule is COC(=O)c1ccc(NC(=O)Cn2nc(-c3ccco3)n(C3CC3)c2=O)cc1. The van der Waals surface area contributed by atoms with Crippen LogP contribution < -0.4 is 11.0 Å². The topological polar surface area (TPSA) is 108 Å². The van der Waals surface area contributed by atoms with E-state index in [4.69, 9.17) is 4.42 Å². The van der Waals surface area contributed by atoms with Gasteiger partial charge in [0.05, 0.1) is 18.9 Å². The average molecular weight is 382 g/mol. The summed E-state index contributed by atoms with van der Waals surface area (Å²) in [4.78, 5) is 36.5. The van der Waals surface area contributed by atoms with Crippen molar-refractivity contribution in [2.75, 3.05) is 12.4 Å². The first-order valence-electron chi connectivity index (χ1n) is 8.78. The summed E-state index contributed by atoms with van der Waals surface area (Å²) in [7, 11) is 1.30. The smallest absolute Gasteiger partial charge is 0.347 e. The molecule has 0 unspecified atom stereocenters. The Kier molecular flexibility index (Phi) is 4.56. The van der Waals surface area contributed by atoms with Crippen LogP contribution in [0.1, 0.15) is 29.2 Å². The lowest BCUT2D eigenvalue weighted by molar-refractivity contribution is -0.117. The van der Waals surface area contributed by atoms with Crippen LogP contribution in [0.15, 0.2) is 51.9 Å². The van der Waals surface area contributed by atoms with Gasteiger partial charge in [-0.05, 0) is 49.2 Å². The summed E-state index contributed by atoms with van der Waals surface area (Å²) < 4.78 is 12.7. The van der Waals surface area contributed by atoms with Crippen molar-refractivity contribution < 1.29 is 18.7 Å². The molecule has 1 aliphatic carbocycles. The molecule has 9 nitrogen and oxygen atoms in total. The number of hydrogen-bond donors (Lipinski definition) is 1. The van der Waals surface area contributed by atoms with Crippen LogP contribution in [0.25, 0.3) is 11.6 Å². The van der Waals surface area contributed by atoms with Gasteiger partial charge in [0.1, 0.15) is 6.54 Å². The van der Waals surface area contributed by atoms with Crippen LogP contribution in [0.2, 0.25) is 0 Å². The van der Waals surface area contributed by atoms with Gasteiger partial charge < -0.3 is 14.5 Å². The van der Waals surface area contributed by atoms with E-state index in [1.165, 1.54) is 13.4 Å². The third-order valence-corrected chi connectivity index (χ3v) is 4.41. The second-order valence-corrected chi connectivity index (χ2v) is 6.46. The number of furan rings is 1. The summed E-state index contributed by atoms with van der Waals surface area (Å²) in [5.41, 5.74) is 0.534. The molecule has 0 aliphatic heterocycles. The predicted octanol–water partition coefficient (Wildman–Crippen LogP) is 2.06. The fourth-order valence-corrected chi connectivity index (χ4v) is 2.90. The standard InChI is InChI=1S/C19H18N4O5/c1-27-18(25)12-4-6-13(7-5-12)20-16(24)11-22-19(26)23(14-8-9-14)17(21-22)15-3-2-10-28-15/h2-7,10,14H,8-9,11H2,1H3,(H,20,24). The summed E-state index contributed by atoms with van der Waals surface area (Å²) in [6.07, 6.45) is 3.32. The molecule has 9 heteroatoms. The van der Waals surface area contributed by atoms with Crippen molar-refractivity contribution in [1.82, 2.24) is 14.3 Å². The van der Waals surface area contributed by atoms with Crippen molar-refractivity contribution in [1.29, 1.82) is 0 Å². The number of esters is 1. The van der Waals surface area contributed by atoms with Crippen LogP contribution >= 0.6 is 0 Å². The van der Waals surface area contributed by atoms with Gasteiger partial charge in [0.2, 0.25) is 11.7 Å². The minimum atomic E-state index is -0.458. The number of nitrogens with zero attached hydrogens (tertiary/aromatic N) is 3. The fraction of sp³-hybridized carbons (Fsp3) is 0.263. The van der Waals surface area contributed by atoms with Crippen molar-refractivity contribution in [3.63, 3.8) is 0 Å². The lowest BCUT2D eigenvalue weighted by Crippen LogP contribution is -2.30. The number of anilines is 1. The first kappa shape index (κ1) is 17.8. The number of carbonyl (C=O) groups excluding carboxylic acids is 2. The molecule has 1 N–H and O–H groups in total. The highest BCUT2D eigenvalue weighted by Gasteiger charge is 2.31. The molecular weight excluding hydrogens is 364 g/mol. The maximum absolute atomic E-state index is 12.7. The zero-order valence-electron chi connectivity index (χ0n) is 15.1. The van der Waals surface area contributed by atoms with E-state index < -0.39 is 11.9 Å². The molecule has 144 valence electrons. The maximum atomic E-state index is 12.7. The fourth-order valence-electron chi connectivity index (χ4n) is 2.90. The van der Waals surface area contributed by atoms with Crippen molar-refractivity contribution in [2.24, 2.45) is 0 Å². The number of nitrogens with one attached hydrogen (secondary N) is 1. The molecule has 28 heavy (non-hydrogen) atoms. The van der Waals surface area contributed by atoms with E-state index >= 15 is 0 Å². The Morgan fingerprint density at radius 1 is 1.25 bits per heavy atom. The maximum Gasteiger partial charge on any atom is 0.347 e. The largest absolute Gasteiger partial charge is 0.465 e. The molecular formula is C19H18N4O5. The van der Waals surface area contributed by atoms with Gasteiger partial charge in [-0.3, -0.25) is 9.36 Å². The first-order chi connectivity index (χ1) is 13.6. The van der Waals surface area contributed by atoms with E-state index in [9.17, 15) is 14.4 Å². The molecule has 1 amide bonds. The molecule has 0 spiro atoms. The minimum Gasteiger partial charge on any atom is -0.465 e. The summed E-state index contributed by atoms with van der Waals surface area (Å²) in [5.74, 6) is 0.0501. The third kappa shape index (κ3) is 3.46. The van der Waals surface area contributed by atoms with E-state index in [2.05, 4.69) is 15.2 Å². The first-order valence-corrected chi connectivity index (χ1v) is 8.78. The number of benzene rings is 1. The molecule has 0 atom stereocenters. The number of carbonyl (C=O) groups is 2. The molecule has 1 fully saturated rings. The van der Waals surface area contributed by atoms with Crippen LogP contribution in [0.4, 0.5) is 5.69 Å². The van der Waals surface area contributed by atoms with Gasteiger partial charge in [-0.15, -0.1) is 5.10 Å². The number of aromatic nitrogens is 3. The van der Waals surface area contributed by atoms with E-state index in [-0.39, 0.29) is 18.3 Å². The van der Waals surface area contributed by atoms with E-state index in [1.807, 2.05) is 0 Å². The van der Waals surface area contributed by atoms with Gasteiger partial charge in [-0.25, -0.2) is 14.3 Å². The van der Waals surface area contributed by atoms with E-state index in [0.717, 1.165) is 17.5 Å². The highest BCUT2D eigenvalue weighted by molar-refractivity contribution is 5.92. The van der Waals surface area contributed by atoms with Crippen molar-refractivity contribution in [2.45, 2.75) is 25.4 Å². The zero-order valence-corrected chi connectivity index (χ0v) is 15.1. The van der Waals surface area contributed by atoms with Gasteiger partial charge in [0.15, 0.2) is 5.76 Å². The van der Waals surface area contributed by atoms with Gasteiger partial charge in [0.25, 0.3) is 0 Å². The Morgan fingerprint density at radius 3 is 2.61 bits per heavy atom. The average Bonchev–Trinajstić information content (AvgIpc) is 3.27. The number of amides is 1. The highest BCUT2D eigenvalue weighted by Crippen LogP contribution is 2.36. The Labute approximate surface area is 159 Å². The van der Waals surface area contributed by atoms with Gasteiger partial charge in [-0.1, -0.05) is 0 Å². The number of methoxy groups -OCH3 is 1. The number of rotatable bonds is 6. The third-order valence-electron chi connectivity index (χ3n) is 4.41. The molecule has 0 bridgehead atoms. The van der Waals surface area contributed by atoms with Crippen LogP contribution in [0.5, 0.6) is 0 Å². The summed E-state index contributed by atoms with van der Waals surface area (Å²) in [6.45, 7) is -0.231. The Balaban J connectivity index is 1.51. The predicted molar refractivity (Wildman–Crippen MR) is 98.9 cm³/mol. The lowest BCUT2D eigenvalue weighted by atomic mass is 10.2. The van der Waals surface area contributed by atoms with Crippen molar-refractivity contribution in [3.8, 4) is 11.6 Å². The quantitative estimate of drug-likeness (QED) is 0.654. The van der Waals surface area contributed by atoms with Crippen LogP contribution in [-0.4, -0.2) is 33.3 Å². The molecule has 3 aromatic rings. The number of ether oxygens (including phenoxy) is 1. The van der Waals surface area contributed by atoms with Gasteiger partial charge >= 0.3 is 11.7 Å². The normalized spacial score (nSPS) is 13.3. The van der Waals surface area contributed by atoms with Gasteiger partial charge in [-0.2, -0.15) is 0 Å². The highest BCUT2D eigenvalue weighted by atomic mass is 16.5. The molecule has 0 saturated heterocycles. The summed E-state index contributed by atoms with van der Waals surface area (Å²) >= 11 is 0. The van der Waals surface area contributed by atoms with Crippen LogP contribution in [0.3, 0.4) is 0 Å². The van der Waals surface area contributed by atoms with Crippen LogP contribution in [-0.2, 0) is 16.1 Å². The Hall–Kier alpha value is -3.62. The number of hydrogen-bond acceptors (Lipinski definition) is 6. The Bertz CT molecular complexity index is 1060. The molecule has 1 aromatic carbocycles.